The van der Waals surface area contributed by atoms with E-state index in [0.29, 0.717) is 0 Å². The molecule has 3 nitrogen and oxygen atoms in total. The highest BCUT2D eigenvalue weighted by molar-refractivity contribution is 5.40. The minimum absolute atomic E-state index is 0.874. The van der Waals surface area contributed by atoms with Gasteiger partial charge < -0.3 is 4.90 Å². The van der Waals surface area contributed by atoms with E-state index >= 15 is 0 Å². The topological polar surface area (TPSA) is 28.0 Å². The van der Waals surface area contributed by atoms with Crippen molar-refractivity contribution in [3.05, 3.63) is 60.2 Å². The standard InChI is InChI=1S/C16H19N3/c1-19(2)13-12-14-8-10-16(11-9-14)18-17-15-6-4-3-5-7-15/h3-11H,12-13H2,1-2H3. The number of benzene rings is 2. The second kappa shape index (κ2) is 6.81. The van der Waals surface area contributed by atoms with E-state index in [1.54, 1.807) is 0 Å². The highest BCUT2D eigenvalue weighted by Crippen LogP contribution is 2.18. The highest BCUT2D eigenvalue weighted by Gasteiger charge is 1.95. The fourth-order valence-corrected chi connectivity index (χ4v) is 1.69. The first-order chi connectivity index (χ1) is 9.24. The number of likely N-dealkylation sites (N-methyl/N-ethyl adjacent to an activating group) is 1. The summed E-state index contributed by atoms with van der Waals surface area (Å²) in [5.74, 6) is 0. The summed E-state index contributed by atoms with van der Waals surface area (Å²) in [7, 11) is 4.17. The van der Waals surface area contributed by atoms with Gasteiger partial charge in [0, 0.05) is 6.54 Å². The average Bonchev–Trinajstić information content (AvgIpc) is 2.45. The van der Waals surface area contributed by atoms with Crippen LogP contribution in [0.15, 0.2) is 64.8 Å². The SMILES string of the molecule is CN(C)CCc1ccc(N=Nc2ccccc2)cc1. The highest BCUT2D eigenvalue weighted by atomic mass is 15.1. The molecule has 0 unspecified atom stereocenters. The first-order valence-electron chi connectivity index (χ1n) is 6.44. The molecule has 2 aromatic rings. The van der Waals surface area contributed by atoms with E-state index < -0.39 is 0 Å². The van der Waals surface area contributed by atoms with Crippen molar-refractivity contribution in [1.82, 2.24) is 4.90 Å². The van der Waals surface area contributed by atoms with Crippen molar-refractivity contribution in [3.8, 4) is 0 Å². The molecule has 98 valence electrons. The van der Waals surface area contributed by atoms with Crippen LogP contribution in [0.5, 0.6) is 0 Å². The zero-order chi connectivity index (χ0) is 13.5. The first kappa shape index (κ1) is 13.4. The van der Waals surface area contributed by atoms with E-state index in [1.807, 2.05) is 42.5 Å². The van der Waals surface area contributed by atoms with E-state index in [9.17, 15) is 0 Å². The molecule has 0 bridgehead atoms. The van der Waals surface area contributed by atoms with Gasteiger partial charge in [-0.2, -0.15) is 10.2 Å². The number of hydrogen-bond acceptors (Lipinski definition) is 3. The Bertz CT molecular complexity index is 515. The predicted octanol–water partition coefficient (Wildman–Crippen LogP) is 4.21. The summed E-state index contributed by atoms with van der Waals surface area (Å²) in [6.45, 7) is 1.06. The van der Waals surface area contributed by atoms with Crippen LogP contribution >= 0.6 is 0 Å². The Labute approximate surface area is 114 Å². The van der Waals surface area contributed by atoms with Gasteiger partial charge >= 0.3 is 0 Å². The molecule has 0 saturated heterocycles. The molecule has 0 saturated carbocycles. The summed E-state index contributed by atoms with van der Waals surface area (Å²) < 4.78 is 0. The molecular weight excluding hydrogens is 234 g/mol. The maximum atomic E-state index is 4.23. The minimum Gasteiger partial charge on any atom is -0.309 e. The molecule has 0 aromatic heterocycles. The Hall–Kier alpha value is -2.00. The van der Waals surface area contributed by atoms with Gasteiger partial charge in [0.1, 0.15) is 0 Å². The van der Waals surface area contributed by atoms with Crippen molar-refractivity contribution in [2.75, 3.05) is 20.6 Å². The molecule has 0 spiro atoms. The van der Waals surface area contributed by atoms with E-state index in [2.05, 4.69) is 41.4 Å². The van der Waals surface area contributed by atoms with E-state index in [-0.39, 0.29) is 0 Å². The Morgan fingerprint density at radius 2 is 1.37 bits per heavy atom. The summed E-state index contributed by atoms with van der Waals surface area (Å²) in [6, 6.07) is 18.0. The second-order valence-corrected chi connectivity index (χ2v) is 4.76. The quantitative estimate of drug-likeness (QED) is 0.734. The van der Waals surface area contributed by atoms with Gasteiger partial charge in [0.15, 0.2) is 0 Å². The molecule has 0 N–H and O–H groups in total. The largest absolute Gasteiger partial charge is 0.309 e. The second-order valence-electron chi connectivity index (χ2n) is 4.76. The molecule has 0 fully saturated rings. The molecule has 3 heteroatoms. The summed E-state index contributed by atoms with van der Waals surface area (Å²) in [6.07, 6.45) is 1.06. The number of rotatable bonds is 5. The predicted molar refractivity (Wildman–Crippen MR) is 79.3 cm³/mol. The lowest BCUT2D eigenvalue weighted by molar-refractivity contribution is 0.413. The monoisotopic (exact) mass is 253 g/mol. The molecule has 0 aliphatic rings. The van der Waals surface area contributed by atoms with Crippen LogP contribution < -0.4 is 0 Å². The van der Waals surface area contributed by atoms with Gasteiger partial charge in [-0.3, -0.25) is 0 Å². The van der Waals surface area contributed by atoms with Gasteiger partial charge in [0.25, 0.3) is 0 Å². The average molecular weight is 253 g/mol. The Morgan fingerprint density at radius 3 is 1.95 bits per heavy atom. The van der Waals surface area contributed by atoms with Crippen LogP contribution in [-0.4, -0.2) is 25.5 Å². The molecule has 0 amide bonds. The normalized spacial score (nSPS) is 11.3. The number of azo groups is 1. The summed E-state index contributed by atoms with van der Waals surface area (Å²) in [5, 5.41) is 8.42. The van der Waals surface area contributed by atoms with Gasteiger partial charge in [0.05, 0.1) is 11.4 Å². The molecule has 2 rings (SSSR count). The van der Waals surface area contributed by atoms with Crippen molar-refractivity contribution in [1.29, 1.82) is 0 Å². The van der Waals surface area contributed by atoms with Crippen LogP contribution in [0.2, 0.25) is 0 Å². The molecule has 0 radical (unpaired) electrons. The van der Waals surface area contributed by atoms with Crippen LogP contribution in [-0.2, 0) is 6.42 Å². The third kappa shape index (κ3) is 4.64. The first-order valence-corrected chi connectivity index (χ1v) is 6.44. The number of hydrogen-bond donors (Lipinski definition) is 0. The number of nitrogens with zero attached hydrogens (tertiary/aromatic N) is 3. The van der Waals surface area contributed by atoms with Crippen LogP contribution in [0.1, 0.15) is 5.56 Å². The molecular formula is C16H19N3. The molecule has 19 heavy (non-hydrogen) atoms. The fourth-order valence-electron chi connectivity index (χ4n) is 1.69. The Balaban J connectivity index is 1.97. The summed E-state index contributed by atoms with van der Waals surface area (Å²) in [5.41, 5.74) is 3.09. The fraction of sp³-hybridized carbons (Fsp3) is 0.250. The van der Waals surface area contributed by atoms with Crippen molar-refractivity contribution in [2.45, 2.75) is 6.42 Å². The summed E-state index contributed by atoms with van der Waals surface area (Å²) >= 11 is 0. The van der Waals surface area contributed by atoms with Crippen molar-refractivity contribution in [3.63, 3.8) is 0 Å². The van der Waals surface area contributed by atoms with E-state index in [4.69, 9.17) is 0 Å². The van der Waals surface area contributed by atoms with Crippen LogP contribution in [0, 0.1) is 0 Å². The van der Waals surface area contributed by atoms with E-state index in [1.165, 1.54) is 5.56 Å². The third-order valence-corrected chi connectivity index (χ3v) is 2.82. The van der Waals surface area contributed by atoms with Gasteiger partial charge in [-0.05, 0) is 50.3 Å². The maximum absolute atomic E-state index is 4.23. The van der Waals surface area contributed by atoms with E-state index in [0.717, 1.165) is 24.3 Å². The lowest BCUT2D eigenvalue weighted by Crippen LogP contribution is -2.14. The lowest BCUT2D eigenvalue weighted by atomic mass is 10.1. The van der Waals surface area contributed by atoms with Gasteiger partial charge in [-0.1, -0.05) is 30.3 Å². The van der Waals surface area contributed by atoms with Gasteiger partial charge in [-0.15, -0.1) is 0 Å². The molecule has 0 heterocycles. The van der Waals surface area contributed by atoms with Crippen LogP contribution in [0.4, 0.5) is 11.4 Å². The third-order valence-electron chi connectivity index (χ3n) is 2.82. The molecule has 0 aliphatic heterocycles. The molecule has 2 aromatic carbocycles. The minimum atomic E-state index is 0.874. The van der Waals surface area contributed by atoms with Gasteiger partial charge in [-0.25, -0.2) is 0 Å². The molecule has 0 aliphatic carbocycles. The Kier molecular flexibility index (Phi) is 4.81. The summed E-state index contributed by atoms with van der Waals surface area (Å²) in [4.78, 5) is 2.18. The lowest BCUT2D eigenvalue weighted by Gasteiger charge is -2.08. The maximum Gasteiger partial charge on any atom is 0.0857 e. The van der Waals surface area contributed by atoms with Crippen LogP contribution in [0.25, 0.3) is 0 Å². The van der Waals surface area contributed by atoms with Crippen molar-refractivity contribution >= 4 is 11.4 Å². The van der Waals surface area contributed by atoms with Crippen molar-refractivity contribution in [2.24, 2.45) is 10.2 Å². The van der Waals surface area contributed by atoms with Crippen LogP contribution in [0.3, 0.4) is 0 Å². The Morgan fingerprint density at radius 1 is 0.789 bits per heavy atom. The zero-order valence-corrected chi connectivity index (χ0v) is 11.5. The smallest absolute Gasteiger partial charge is 0.0857 e. The van der Waals surface area contributed by atoms with Gasteiger partial charge in [0.2, 0.25) is 0 Å². The zero-order valence-electron chi connectivity index (χ0n) is 11.5. The van der Waals surface area contributed by atoms with Crippen molar-refractivity contribution < 1.29 is 0 Å². The molecule has 0 atom stereocenters.